The van der Waals surface area contributed by atoms with Crippen LogP contribution in [0.2, 0.25) is 0 Å². The van der Waals surface area contributed by atoms with Crippen LogP contribution in [0.3, 0.4) is 0 Å². The van der Waals surface area contributed by atoms with Gasteiger partial charge in [0.05, 0.1) is 35.5 Å². The van der Waals surface area contributed by atoms with Crippen LogP contribution in [0.4, 0.5) is 43.9 Å². The molecule has 1 aliphatic rings. The van der Waals surface area contributed by atoms with Gasteiger partial charge in [-0.3, -0.25) is 9.59 Å². The van der Waals surface area contributed by atoms with Crippen molar-refractivity contribution in [2.45, 2.75) is 90.9 Å². The molecule has 0 fully saturated rings. The molecule has 14 heteroatoms. The van der Waals surface area contributed by atoms with Crippen molar-refractivity contribution in [2.24, 2.45) is 0 Å². The van der Waals surface area contributed by atoms with Gasteiger partial charge in [-0.25, -0.2) is 43.9 Å². The summed E-state index contributed by atoms with van der Waals surface area (Å²) >= 11 is 0. The van der Waals surface area contributed by atoms with Gasteiger partial charge < -0.3 is 9.47 Å². The number of hydrogen-bond acceptors (Lipinski definition) is 4. The van der Waals surface area contributed by atoms with Crippen LogP contribution in [0.5, 0.6) is 11.5 Å². The third kappa shape index (κ3) is 8.02. The molecule has 0 unspecified atom stereocenters. The summed E-state index contributed by atoms with van der Waals surface area (Å²) in [6.07, 6.45) is 9.11. The molecule has 0 aromatic heterocycles. The molecule has 0 spiro atoms. The van der Waals surface area contributed by atoms with Crippen molar-refractivity contribution in [2.75, 3.05) is 13.2 Å². The van der Waals surface area contributed by atoms with Gasteiger partial charge in [0, 0.05) is 22.3 Å². The summed E-state index contributed by atoms with van der Waals surface area (Å²) < 4.78 is 159. The van der Waals surface area contributed by atoms with Gasteiger partial charge in [0.1, 0.15) is 11.5 Å². The second-order valence-corrected chi connectivity index (χ2v) is 13.5. The molecule has 0 heterocycles. The maximum atomic E-state index is 15.2. The van der Waals surface area contributed by atoms with Crippen molar-refractivity contribution in [3.63, 3.8) is 0 Å². The first-order valence-corrected chi connectivity index (χ1v) is 18.5. The Labute approximate surface area is 316 Å². The number of benzene rings is 4. The highest BCUT2D eigenvalue weighted by Gasteiger charge is 2.40. The van der Waals surface area contributed by atoms with Gasteiger partial charge in [0.15, 0.2) is 58.1 Å². The Balaban J connectivity index is 1.68. The Bertz CT molecular complexity index is 1940. The number of carbonyl (C=O) groups excluding carboxylic acids is 2. The summed E-state index contributed by atoms with van der Waals surface area (Å²) in [5.74, 6) is -26.3. The van der Waals surface area contributed by atoms with Crippen LogP contribution in [0.1, 0.15) is 123 Å². The molecule has 0 atom stereocenters. The van der Waals surface area contributed by atoms with E-state index < -0.39 is 126 Å². The maximum Gasteiger partial charge on any atom is 0.200 e. The first-order chi connectivity index (χ1) is 26.8. The lowest BCUT2D eigenvalue weighted by Gasteiger charge is -2.26. The monoisotopic (exact) mass is 796 g/mol. The van der Waals surface area contributed by atoms with Crippen LogP contribution in [-0.4, -0.2) is 24.8 Å². The topological polar surface area (TPSA) is 52.6 Å². The summed E-state index contributed by atoms with van der Waals surface area (Å²) in [7, 11) is 0. The number of unbranched alkanes of at least 4 members (excludes halogenated alkanes) is 10. The molecule has 0 saturated heterocycles. The largest absolute Gasteiger partial charge is 0.492 e. The van der Waals surface area contributed by atoms with Gasteiger partial charge in [0.2, 0.25) is 11.6 Å². The van der Waals surface area contributed by atoms with Gasteiger partial charge in [-0.1, -0.05) is 78.1 Å². The normalized spacial score (nSPS) is 12.3. The molecular formula is C42H38F10O4. The molecule has 0 aliphatic heterocycles. The minimum Gasteiger partial charge on any atom is -0.492 e. The molecule has 0 radical (unpaired) electrons. The van der Waals surface area contributed by atoms with Crippen LogP contribution in [0.15, 0.2) is 24.3 Å². The van der Waals surface area contributed by atoms with Gasteiger partial charge in [-0.15, -0.1) is 0 Å². The standard InChI is InChI=1S/C42H38F10O4/c1-3-5-7-9-11-13-19-55-41-23(25-29(43)33(47)37(51)34(48)30(25)44)17-15-21-27(41)39(53)22-16-18-24(26-31(45)35(49)38(52)36(50)32(26)46)42(28(22)40(21)54)56-20-14-12-10-8-6-4-2/h15-18H,3-14,19-20H2,1-2H3. The number of hydrogen-bond donors (Lipinski definition) is 0. The zero-order valence-corrected chi connectivity index (χ0v) is 30.6. The summed E-state index contributed by atoms with van der Waals surface area (Å²) in [6.45, 7) is 3.63. The van der Waals surface area contributed by atoms with E-state index >= 15 is 17.6 Å². The van der Waals surface area contributed by atoms with Gasteiger partial charge in [0.25, 0.3) is 0 Å². The van der Waals surface area contributed by atoms with Crippen molar-refractivity contribution in [1.29, 1.82) is 0 Å². The second-order valence-electron chi connectivity index (χ2n) is 13.5. The molecule has 1 aliphatic carbocycles. The van der Waals surface area contributed by atoms with E-state index in [2.05, 4.69) is 0 Å². The molecule has 0 amide bonds. The van der Waals surface area contributed by atoms with Crippen molar-refractivity contribution in [3.05, 3.63) is 105 Å². The summed E-state index contributed by atoms with van der Waals surface area (Å²) in [6, 6.07) is 3.42. The zero-order valence-electron chi connectivity index (χ0n) is 30.6. The Hall–Kier alpha value is -4.88. The molecule has 0 N–H and O–H groups in total. The molecule has 5 rings (SSSR count). The van der Waals surface area contributed by atoms with Crippen LogP contribution in [0, 0.1) is 58.2 Å². The predicted octanol–water partition coefficient (Wildman–Crippen LogP) is 12.7. The molecule has 4 aromatic rings. The SMILES string of the molecule is CCCCCCCCOc1c(-c2c(F)c(F)c(F)c(F)c2F)ccc2c1C(=O)c1ccc(-c3c(F)c(F)c(F)c(F)c3F)c(OCCCCCCCC)c1C2=O. The summed E-state index contributed by atoms with van der Waals surface area (Å²) in [4.78, 5) is 28.8. The lowest BCUT2D eigenvalue weighted by atomic mass is 9.80. The van der Waals surface area contributed by atoms with Crippen LogP contribution in [-0.2, 0) is 0 Å². The fourth-order valence-corrected chi connectivity index (χ4v) is 6.75. The number of ketones is 2. The Kier molecular flexibility index (Phi) is 13.9. The lowest BCUT2D eigenvalue weighted by Crippen LogP contribution is -2.24. The van der Waals surface area contributed by atoms with E-state index in [1.807, 2.05) is 13.8 Å². The number of ether oxygens (including phenoxy) is 2. The van der Waals surface area contributed by atoms with Crippen molar-refractivity contribution >= 4 is 11.6 Å². The minimum atomic E-state index is -2.42. The molecular weight excluding hydrogens is 758 g/mol. The fraction of sp³-hybridized carbons (Fsp3) is 0.381. The van der Waals surface area contributed by atoms with E-state index in [0.717, 1.165) is 75.6 Å². The van der Waals surface area contributed by atoms with Crippen LogP contribution < -0.4 is 9.47 Å². The van der Waals surface area contributed by atoms with Gasteiger partial charge in [-0.05, 0) is 37.1 Å². The highest BCUT2D eigenvalue weighted by molar-refractivity contribution is 6.31. The Morgan fingerprint density at radius 2 is 0.625 bits per heavy atom. The third-order valence-electron chi connectivity index (χ3n) is 9.71. The Morgan fingerprint density at radius 1 is 0.357 bits per heavy atom. The quantitative estimate of drug-likeness (QED) is 0.0384. The molecule has 0 bridgehead atoms. The van der Waals surface area contributed by atoms with E-state index in [1.165, 1.54) is 0 Å². The van der Waals surface area contributed by atoms with Crippen molar-refractivity contribution in [1.82, 2.24) is 0 Å². The van der Waals surface area contributed by atoms with Crippen molar-refractivity contribution < 1.29 is 63.0 Å². The minimum absolute atomic E-state index is 0.203. The van der Waals surface area contributed by atoms with Gasteiger partial charge in [-0.2, -0.15) is 0 Å². The lowest BCUT2D eigenvalue weighted by molar-refractivity contribution is 0.0972. The van der Waals surface area contributed by atoms with E-state index in [1.54, 1.807) is 0 Å². The number of carbonyl (C=O) groups is 2. The van der Waals surface area contributed by atoms with E-state index in [9.17, 15) is 35.9 Å². The first-order valence-electron chi connectivity index (χ1n) is 18.5. The summed E-state index contributed by atoms with van der Waals surface area (Å²) in [5, 5.41) is 0. The van der Waals surface area contributed by atoms with Crippen LogP contribution >= 0.6 is 0 Å². The number of rotatable bonds is 18. The highest BCUT2D eigenvalue weighted by Crippen LogP contribution is 2.47. The third-order valence-corrected chi connectivity index (χ3v) is 9.71. The molecule has 56 heavy (non-hydrogen) atoms. The van der Waals surface area contributed by atoms with Crippen LogP contribution in [0.25, 0.3) is 22.3 Å². The van der Waals surface area contributed by atoms with E-state index in [4.69, 9.17) is 9.47 Å². The van der Waals surface area contributed by atoms with E-state index in [0.29, 0.717) is 25.7 Å². The summed E-state index contributed by atoms with van der Waals surface area (Å²) in [5.41, 5.74) is -6.54. The Morgan fingerprint density at radius 3 is 0.946 bits per heavy atom. The number of fused-ring (bicyclic) bond motifs is 2. The average molecular weight is 797 g/mol. The molecule has 0 saturated carbocycles. The fourth-order valence-electron chi connectivity index (χ4n) is 6.75. The average Bonchev–Trinajstić information content (AvgIpc) is 3.19. The highest BCUT2D eigenvalue weighted by atomic mass is 19.2. The van der Waals surface area contributed by atoms with Gasteiger partial charge >= 0.3 is 0 Å². The molecule has 4 aromatic carbocycles. The molecule has 4 nitrogen and oxygen atoms in total. The van der Waals surface area contributed by atoms with E-state index in [-0.39, 0.29) is 13.2 Å². The second kappa shape index (κ2) is 18.4. The predicted molar refractivity (Wildman–Crippen MR) is 188 cm³/mol. The first kappa shape index (κ1) is 42.3. The smallest absolute Gasteiger partial charge is 0.200 e. The van der Waals surface area contributed by atoms with Crippen molar-refractivity contribution in [3.8, 4) is 33.8 Å². The number of halogens is 10. The zero-order chi connectivity index (χ0) is 40.8. The molecule has 300 valence electrons. The maximum absolute atomic E-state index is 15.2.